The molecule has 0 aliphatic heterocycles. The molecule has 4 heteroatoms. The SMILES string of the molecule is Oc1cccc(Nc2ncnc3ccc(-c4ccccc4)cc23)c1. The second-order valence-corrected chi connectivity index (χ2v) is 5.50. The van der Waals surface area contributed by atoms with Crippen molar-refractivity contribution < 1.29 is 5.11 Å². The van der Waals surface area contributed by atoms with Crippen LogP contribution >= 0.6 is 0 Å². The zero-order valence-electron chi connectivity index (χ0n) is 12.8. The topological polar surface area (TPSA) is 58.0 Å². The number of nitrogens with zero attached hydrogens (tertiary/aromatic N) is 2. The Morgan fingerprint density at radius 3 is 2.46 bits per heavy atom. The van der Waals surface area contributed by atoms with Crippen LogP contribution in [0.3, 0.4) is 0 Å². The molecule has 0 unspecified atom stereocenters. The van der Waals surface area contributed by atoms with E-state index in [2.05, 4.69) is 39.6 Å². The van der Waals surface area contributed by atoms with Crippen molar-refractivity contribution in [3.63, 3.8) is 0 Å². The fourth-order valence-electron chi connectivity index (χ4n) is 2.69. The summed E-state index contributed by atoms with van der Waals surface area (Å²) in [5.74, 6) is 0.923. The quantitative estimate of drug-likeness (QED) is 0.573. The summed E-state index contributed by atoms with van der Waals surface area (Å²) in [6, 6.07) is 23.3. The Kier molecular flexibility index (Phi) is 3.56. The Balaban J connectivity index is 1.80. The third-order valence-electron chi connectivity index (χ3n) is 3.85. The highest BCUT2D eigenvalue weighted by Gasteiger charge is 2.07. The summed E-state index contributed by atoms with van der Waals surface area (Å²) < 4.78 is 0. The maximum absolute atomic E-state index is 9.62. The van der Waals surface area contributed by atoms with Gasteiger partial charge in [-0.2, -0.15) is 0 Å². The van der Waals surface area contributed by atoms with E-state index < -0.39 is 0 Å². The van der Waals surface area contributed by atoms with Crippen molar-refractivity contribution in [2.45, 2.75) is 0 Å². The lowest BCUT2D eigenvalue weighted by molar-refractivity contribution is 0.475. The van der Waals surface area contributed by atoms with Crippen molar-refractivity contribution in [1.29, 1.82) is 0 Å². The van der Waals surface area contributed by atoms with Crippen LogP contribution in [0.2, 0.25) is 0 Å². The molecule has 3 aromatic carbocycles. The van der Waals surface area contributed by atoms with Crippen LogP contribution in [0.5, 0.6) is 5.75 Å². The minimum Gasteiger partial charge on any atom is -0.508 e. The largest absolute Gasteiger partial charge is 0.508 e. The molecule has 0 amide bonds. The number of phenols is 1. The minimum atomic E-state index is 0.211. The third kappa shape index (κ3) is 2.77. The predicted molar refractivity (Wildman–Crippen MR) is 96.4 cm³/mol. The van der Waals surface area contributed by atoms with E-state index in [9.17, 15) is 5.11 Å². The highest BCUT2D eigenvalue weighted by molar-refractivity contribution is 5.93. The zero-order chi connectivity index (χ0) is 16.4. The second kappa shape index (κ2) is 6.01. The fraction of sp³-hybridized carbons (Fsp3) is 0. The first-order valence-corrected chi connectivity index (χ1v) is 7.66. The smallest absolute Gasteiger partial charge is 0.141 e. The molecule has 0 aliphatic rings. The van der Waals surface area contributed by atoms with E-state index in [0.717, 1.165) is 27.7 Å². The predicted octanol–water partition coefficient (Wildman–Crippen LogP) is 4.75. The van der Waals surface area contributed by atoms with E-state index in [1.807, 2.05) is 30.3 Å². The Morgan fingerprint density at radius 2 is 1.62 bits per heavy atom. The summed E-state index contributed by atoms with van der Waals surface area (Å²) >= 11 is 0. The average Bonchev–Trinajstić information content (AvgIpc) is 2.62. The molecule has 1 aromatic heterocycles. The number of aromatic nitrogens is 2. The van der Waals surface area contributed by atoms with Crippen molar-refractivity contribution in [3.05, 3.63) is 79.1 Å². The third-order valence-corrected chi connectivity index (χ3v) is 3.85. The molecule has 4 nitrogen and oxygen atoms in total. The fourth-order valence-corrected chi connectivity index (χ4v) is 2.69. The molecular weight excluding hydrogens is 298 g/mol. The molecule has 0 saturated heterocycles. The molecule has 4 aromatic rings. The van der Waals surface area contributed by atoms with Crippen molar-refractivity contribution in [2.24, 2.45) is 0 Å². The lowest BCUT2D eigenvalue weighted by Crippen LogP contribution is -1.96. The number of aromatic hydroxyl groups is 1. The summed E-state index contributed by atoms with van der Waals surface area (Å²) in [6.07, 6.45) is 1.54. The number of fused-ring (bicyclic) bond motifs is 1. The number of hydrogen-bond donors (Lipinski definition) is 2. The molecule has 2 N–H and O–H groups in total. The molecule has 0 radical (unpaired) electrons. The van der Waals surface area contributed by atoms with Crippen LogP contribution < -0.4 is 5.32 Å². The van der Waals surface area contributed by atoms with Gasteiger partial charge in [-0.15, -0.1) is 0 Å². The van der Waals surface area contributed by atoms with Crippen LogP contribution in [0.25, 0.3) is 22.0 Å². The number of hydrogen-bond acceptors (Lipinski definition) is 4. The van der Waals surface area contributed by atoms with Gasteiger partial charge in [-0.3, -0.25) is 0 Å². The molecule has 0 atom stereocenters. The van der Waals surface area contributed by atoms with Gasteiger partial charge in [0, 0.05) is 17.1 Å². The minimum absolute atomic E-state index is 0.211. The Morgan fingerprint density at radius 1 is 0.750 bits per heavy atom. The maximum atomic E-state index is 9.62. The van der Waals surface area contributed by atoms with Gasteiger partial charge in [-0.1, -0.05) is 42.5 Å². The summed E-state index contributed by atoms with van der Waals surface area (Å²) in [7, 11) is 0. The summed E-state index contributed by atoms with van der Waals surface area (Å²) in [4.78, 5) is 8.70. The standard InChI is InChI=1S/C20H15N3O/c24-17-8-4-7-16(12-17)23-20-18-11-15(14-5-2-1-3-6-14)9-10-19(18)21-13-22-20/h1-13,24H,(H,21,22,23). The van der Waals surface area contributed by atoms with Crippen LogP contribution in [-0.4, -0.2) is 15.1 Å². The van der Waals surface area contributed by atoms with E-state index in [4.69, 9.17) is 0 Å². The molecule has 24 heavy (non-hydrogen) atoms. The summed E-state index contributed by atoms with van der Waals surface area (Å²) in [6.45, 7) is 0. The number of phenolic OH excluding ortho intramolecular Hbond substituents is 1. The van der Waals surface area contributed by atoms with E-state index in [0.29, 0.717) is 5.82 Å². The zero-order valence-corrected chi connectivity index (χ0v) is 12.8. The van der Waals surface area contributed by atoms with Gasteiger partial charge in [0.2, 0.25) is 0 Å². The molecular formula is C20H15N3O. The van der Waals surface area contributed by atoms with E-state index >= 15 is 0 Å². The van der Waals surface area contributed by atoms with Gasteiger partial charge in [0.1, 0.15) is 17.9 Å². The van der Waals surface area contributed by atoms with Gasteiger partial charge in [-0.25, -0.2) is 9.97 Å². The molecule has 0 spiro atoms. The Bertz CT molecular complexity index is 1000. The molecule has 1 heterocycles. The molecule has 0 fully saturated rings. The van der Waals surface area contributed by atoms with E-state index in [1.54, 1.807) is 18.2 Å². The Hall–Kier alpha value is -3.40. The van der Waals surface area contributed by atoms with Crippen LogP contribution in [0.4, 0.5) is 11.5 Å². The van der Waals surface area contributed by atoms with Gasteiger partial charge in [0.25, 0.3) is 0 Å². The first-order valence-electron chi connectivity index (χ1n) is 7.66. The van der Waals surface area contributed by atoms with Crippen molar-refractivity contribution in [1.82, 2.24) is 9.97 Å². The van der Waals surface area contributed by atoms with Crippen LogP contribution in [-0.2, 0) is 0 Å². The molecule has 0 saturated carbocycles. The number of anilines is 2. The van der Waals surface area contributed by atoms with Gasteiger partial charge in [-0.05, 0) is 35.4 Å². The maximum Gasteiger partial charge on any atom is 0.141 e. The highest BCUT2D eigenvalue weighted by atomic mass is 16.3. The van der Waals surface area contributed by atoms with Crippen LogP contribution in [0.1, 0.15) is 0 Å². The molecule has 0 aliphatic carbocycles. The van der Waals surface area contributed by atoms with E-state index in [1.165, 1.54) is 6.33 Å². The molecule has 116 valence electrons. The van der Waals surface area contributed by atoms with Crippen molar-refractivity contribution in [3.8, 4) is 16.9 Å². The Labute approximate surface area is 139 Å². The number of rotatable bonds is 3. The van der Waals surface area contributed by atoms with Crippen LogP contribution in [0.15, 0.2) is 79.1 Å². The normalized spacial score (nSPS) is 10.7. The van der Waals surface area contributed by atoms with Gasteiger partial charge < -0.3 is 10.4 Å². The summed E-state index contributed by atoms with van der Waals surface area (Å²) in [5, 5.41) is 13.8. The van der Waals surface area contributed by atoms with E-state index in [-0.39, 0.29) is 5.75 Å². The van der Waals surface area contributed by atoms with Crippen LogP contribution in [0, 0.1) is 0 Å². The molecule has 4 rings (SSSR count). The lowest BCUT2D eigenvalue weighted by atomic mass is 10.0. The molecule has 0 bridgehead atoms. The van der Waals surface area contributed by atoms with Gasteiger partial charge in [0.15, 0.2) is 0 Å². The second-order valence-electron chi connectivity index (χ2n) is 5.50. The number of nitrogens with one attached hydrogen (secondary N) is 1. The van der Waals surface area contributed by atoms with Gasteiger partial charge >= 0.3 is 0 Å². The number of benzene rings is 3. The summed E-state index contributed by atoms with van der Waals surface area (Å²) in [5.41, 5.74) is 3.90. The first-order chi connectivity index (χ1) is 11.8. The van der Waals surface area contributed by atoms with Crippen molar-refractivity contribution >= 4 is 22.4 Å². The first kappa shape index (κ1) is 14.2. The van der Waals surface area contributed by atoms with Crippen molar-refractivity contribution in [2.75, 3.05) is 5.32 Å². The lowest BCUT2D eigenvalue weighted by Gasteiger charge is -2.10. The van der Waals surface area contributed by atoms with Gasteiger partial charge in [0.05, 0.1) is 5.52 Å². The average molecular weight is 313 g/mol. The monoisotopic (exact) mass is 313 g/mol. The highest BCUT2D eigenvalue weighted by Crippen LogP contribution is 2.29.